The molecule has 1 aromatic rings. The van der Waals surface area contributed by atoms with Gasteiger partial charge in [-0.15, -0.1) is 0 Å². The lowest BCUT2D eigenvalue weighted by atomic mass is 9.89. The number of rotatable bonds is 24. The molecule has 0 aliphatic heterocycles. The molecule has 1 heteroatoms. The Balaban J connectivity index is 2.61. The van der Waals surface area contributed by atoms with Crippen LogP contribution in [0.25, 0.3) is 0 Å². The maximum absolute atomic E-state index is 6.58. The van der Waals surface area contributed by atoms with Crippen molar-refractivity contribution in [1.82, 2.24) is 0 Å². The van der Waals surface area contributed by atoms with E-state index in [1.807, 2.05) is 0 Å². The Bertz CT molecular complexity index is 576. The summed E-state index contributed by atoms with van der Waals surface area (Å²) < 4.78 is 0. The predicted molar refractivity (Wildman–Crippen MR) is 156 cm³/mol. The van der Waals surface area contributed by atoms with Gasteiger partial charge in [0.2, 0.25) is 0 Å². The fraction of sp³-hybridized carbons (Fsp3) is 0.818. The van der Waals surface area contributed by atoms with Gasteiger partial charge in [-0.25, -0.2) is 0 Å². The molecule has 198 valence electrons. The quantitative estimate of drug-likeness (QED) is 0.118. The Morgan fingerprint density at radius 2 is 0.765 bits per heavy atom. The fourth-order valence-corrected chi connectivity index (χ4v) is 5.39. The Hall–Kier alpha value is -0.980. The third-order valence-corrected chi connectivity index (χ3v) is 7.67. The summed E-state index contributed by atoms with van der Waals surface area (Å²) in [5.74, 6) is 0. The summed E-state index contributed by atoms with van der Waals surface area (Å²) in [7, 11) is 0. The average molecular weight is 472 g/mol. The van der Waals surface area contributed by atoms with Gasteiger partial charge < -0.3 is 5.73 Å². The van der Waals surface area contributed by atoms with Crippen LogP contribution in [0.1, 0.15) is 172 Å². The number of benzene rings is 1. The van der Waals surface area contributed by atoms with Crippen molar-refractivity contribution in [2.45, 2.75) is 175 Å². The minimum atomic E-state index is 1.06. The number of anilines is 1. The van der Waals surface area contributed by atoms with Gasteiger partial charge in [-0.3, -0.25) is 0 Å². The van der Waals surface area contributed by atoms with Crippen molar-refractivity contribution in [3.63, 3.8) is 0 Å². The van der Waals surface area contributed by atoms with Crippen LogP contribution in [0.3, 0.4) is 0 Å². The largest absolute Gasteiger partial charge is 0.398 e. The van der Waals surface area contributed by atoms with Crippen LogP contribution in [-0.4, -0.2) is 0 Å². The number of unbranched alkanes of at least 4 members (excludes halogenated alkanes) is 18. The molecule has 0 amide bonds. The van der Waals surface area contributed by atoms with E-state index in [4.69, 9.17) is 5.73 Å². The topological polar surface area (TPSA) is 26.0 Å². The molecule has 0 atom stereocenters. The SMILES string of the molecule is CCCCCCCCCc1ccc(N)c(CCCCCCCCC)c1CCCCCCCCC. The first-order chi connectivity index (χ1) is 16.7. The monoisotopic (exact) mass is 471 g/mol. The van der Waals surface area contributed by atoms with Gasteiger partial charge in [0.25, 0.3) is 0 Å². The Kier molecular flexibility index (Phi) is 20.5. The zero-order valence-corrected chi connectivity index (χ0v) is 23.7. The van der Waals surface area contributed by atoms with E-state index in [1.54, 1.807) is 11.1 Å². The molecule has 0 radical (unpaired) electrons. The van der Waals surface area contributed by atoms with Gasteiger partial charge in [0, 0.05) is 5.69 Å². The molecular weight excluding hydrogens is 410 g/mol. The van der Waals surface area contributed by atoms with E-state index in [0.29, 0.717) is 0 Å². The first kappa shape index (κ1) is 31.1. The first-order valence-electron chi connectivity index (χ1n) is 15.6. The summed E-state index contributed by atoms with van der Waals surface area (Å²) in [5, 5.41) is 0. The lowest BCUT2D eigenvalue weighted by Crippen LogP contribution is -2.06. The number of nitrogens with two attached hydrogens (primary N) is 1. The molecule has 0 unspecified atom stereocenters. The van der Waals surface area contributed by atoms with Gasteiger partial charge >= 0.3 is 0 Å². The zero-order valence-electron chi connectivity index (χ0n) is 23.7. The smallest absolute Gasteiger partial charge is 0.0349 e. The molecule has 0 aliphatic carbocycles. The van der Waals surface area contributed by atoms with E-state index in [2.05, 4.69) is 32.9 Å². The van der Waals surface area contributed by atoms with Crippen molar-refractivity contribution in [2.75, 3.05) is 5.73 Å². The van der Waals surface area contributed by atoms with Gasteiger partial charge in [-0.1, -0.05) is 142 Å². The van der Waals surface area contributed by atoms with E-state index in [9.17, 15) is 0 Å². The highest BCUT2D eigenvalue weighted by molar-refractivity contribution is 5.54. The van der Waals surface area contributed by atoms with Crippen molar-refractivity contribution in [3.05, 3.63) is 28.8 Å². The third kappa shape index (κ3) is 15.1. The highest BCUT2D eigenvalue weighted by Crippen LogP contribution is 2.28. The number of nitrogen functional groups attached to an aromatic ring is 1. The van der Waals surface area contributed by atoms with Crippen LogP contribution >= 0.6 is 0 Å². The van der Waals surface area contributed by atoms with E-state index in [1.165, 1.54) is 160 Å². The normalized spacial score (nSPS) is 11.4. The second kappa shape index (κ2) is 22.5. The summed E-state index contributed by atoms with van der Waals surface area (Å²) in [4.78, 5) is 0. The highest BCUT2D eigenvalue weighted by atomic mass is 14.6. The molecule has 0 heterocycles. The number of hydrogen-bond donors (Lipinski definition) is 1. The second-order valence-corrected chi connectivity index (χ2v) is 10.9. The van der Waals surface area contributed by atoms with E-state index in [-0.39, 0.29) is 0 Å². The van der Waals surface area contributed by atoms with Crippen LogP contribution in [0, 0.1) is 0 Å². The van der Waals surface area contributed by atoms with Crippen molar-refractivity contribution < 1.29 is 0 Å². The van der Waals surface area contributed by atoms with E-state index >= 15 is 0 Å². The molecular formula is C33H61N. The summed E-state index contributed by atoms with van der Waals surface area (Å²) >= 11 is 0. The molecule has 2 N–H and O–H groups in total. The van der Waals surface area contributed by atoms with Crippen LogP contribution in [0.5, 0.6) is 0 Å². The summed E-state index contributed by atoms with van der Waals surface area (Å²) in [6.45, 7) is 6.91. The molecule has 0 saturated heterocycles. The van der Waals surface area contributed by atoms with Crippen LogP contribution in [0.15, 0.2) is 12.1 Å². The van der Waals surface area contributed by atoms with Crippen LogP contribution < -0.4 is 5.73 Å². The Labute approximate surface area is 215 Å². The van der Waals surface area contributed by atoms with Gasteiger partial charge in [0.1, 0.15) is 0 Å². The molecule has 1 rings (SSSR count). The van der Waals surface area contributed by atoms with Crippen molar-refractivity contribution >= 4 is 5.69 Å². The van der Waals surface area contributed by atoms with Crippen LogP contribution in [0.2, 0.25) is 0 Å². The van der Waals surface area contributed by atoms with E-state index in [0.717, 1.165) is 5.69 Å². The molecule has 1 aromatic carbocycles. The molecule has 0 spiro atoms. The lowest BCUT2D eigenvalue weighted by molar-refractivity contribution is 0.578. The average Bonchev–Trinajstić information content (AvgIpc) is 2.84. The zero-order chi connectivity index (χ0) is 24.7. The van der Waals surface area contributed by atoms with Gasteiger partial charge in [0.15, 0.2) is 0 Å². The summed E-state index contributed by atoms with van der Waals surface area (Å²) in [6.07, 6.45) is 32.7. The van der Waals surface area contributed by atoms with Gasteiger partial charge in [-0.05, 0) is 61.3 Å². The minimum Gasteiger partial charge on any atom is -0.398 e. The third-order valence-electron chi connectivity index (χ3n) is 7.67. The second-order valence-electron chi connectivity index (χ2n) is 10.9. The van der Waals surface area contributed by atoms with Crippen LogP contribution in [0.4, 0.5) is 5.69 Å². The molecule has 0 aromatic heterocycles. The molecule has 0 saturated carbocycles. The molecule has 34 heavy (non-hydrogen) atoms. The molecule has 0 aliphatic rings. The predicted octanol–water partition coefficient (Wildman–Crippen LogP) is 11.1. The first-order valence-corrected chi connectivity index (χ1v) is 15.6. The van der Waals surface area contributed by atoms with E-state index < -0.39 is 0 Å². The number of aryl methyl sites for hydroxylation is 1. The highest BCUT2D eigenvalue weighted by Gasteiger charge is 2.12. The fourth-order valence-electron chi connectivity index (χ4n) is 5.39. The summed E-state index contributed by atoms with van der Waals surface area (Å²) in [6, 6.07) is 4.60. The van der Waals surface area contributed by atoms with Crippen molar-refractivity contribution in [3.8, 4) is 0 Å². The standard InChI is InChI=1S/C33H61N/c1-4-7-10-13-16-19-22-25-30-28-29-33(34)32(27-24-21-18-15-12-9-6-3)31(30)26-23-20-17-14-11-8-5-2/h28-29H,4-27,34H2,1-3H3. The minimum absolute atomic E-state index is 1.06. The lowest BCUT2D eigenvalue weighted by Gasteiger charge is -2.18. The molecule has 1 nitrogen and oxygen atoms in total. The molecule has 0 fully saturated rings. The molecule has 0 bridgehead atoms. The Morgan fingerprint density at radius 1 is 0.412 bits per heavy atom. The maximum atomic E-state index is 6.58. The van der Waals surface area contributed by atoms with Gasteiger partial charge in [-0.2, -0.15) is 0 Å². The van der Waals surface area contributed by atoms with Gasteiger partial charge in [0.05, 0.1) is 0 Å². The van der Waals surface area contributed by atoms with Crippen molar-refractivity contribution in [1.29, 1.82) is 0 Å². The number of hydrogen-bond acceptors (Lipinski definition) is 1. The van der Waals surface area contributed by atoms with Crippen LogP contribution in [-0.2, 0) is 19.3 Å². The Morgan fingerprint density at radius 3 is 1.21 bits per heavy atom. The van der Waals surface area contributed by atoms with Crippen molar-refractivity contribution in [2.24, 2.45) is 0 Å². The summed E-state index contributed by atoms with van der Waals surface area (Å²) in [5.41, 5.74) is 12.4. The maximum Gasteiger partial charge on any atom is 0.0349 e.